The topological polar surface area (TPSA) is 29.3 Å². The van der Waals surface area contributed by atoms with Crippen LogP contribution in [0.3, 0.4) is 0 Å². The number of rotatable bonds is 4. The summed E-state index contributed by atoms with van der Waals surface area (Å²) in [7, 11) is 0. The van der Waals surface area contributed by atoms with Gasteiger partial charge in [0.2, 0.25) is 0 Å². The standard InChI is InChI=1S/C19H29ClN2/c1-14-11-18(21)9-10-22(14)13-19(15-5-2-3-6-15)16-7-4-8-17(20)12-16/h4,7-8,12,14-15,18-19H,2-3,5-6,9-11,13,21H2,1H3. The molecule has 2 fully saturated rings. The van der Waals surface area contributed by atoms with Crippen LogP contribution in [0, 0.1) is 5.92 Å². The molecular formula is C19H29ClN2. The summed E-state index contributed by atoms with van der Waals surface area (Å²) < 4.78 is 0. The van der Waals surface area contributed by atoms with Gasteiger partial charge in [0.25, 0.3) is 0 Å². The Kier molecular flexibility index (Phi) is 5.43. The van der Waals surface area contributed by atoms with Crippen molar-refractivity contribution in [2.75, 3.05) is 13.1 Å². The van der Waals surface area contributed by atoms with Crippen LogP contribution in [0.4, 0.5) is 0 Å². The smallest absolute Gasteiger partial charge is 0.0408 e. The number of benzene rings is 1. The Morgan fingerprint density at radius 3 is 2.73 bits per heavy atom. The molecule has 1 aliphatic heterocycles. The van der Waals surface area contributed by atoms with Crippen molar-refractivity contribution < 1.29 is 0 Å². The monoisotopic (exact) mass is 320 g/mol. The first-order chi connectivity index (χ1) is 10.6. The second kappa shape index (κ2) is 7.33. The van der Waals surface area contributed by atoms with Crippen molar-refractivity contribution in [1.82, 2.24) is 4.90 Å². The first kappa shape index (κ1) is 16.3. The van der Waals surface area contributed by atoms with Gasteiger partial charge in [0.1, 0.15) is 0 Å². The molecule has 3 atom stereocenters. The van der Waals surface area contributed by atoms with Crippen LogP contribution in [-0.2, 0) is 0 Å². The van der Waals surface area contributed by atoms with E-state index in [1.165, 1.54) is 37.8 Å². The normalized spacial score (nSPS) is 28.9. The van der Waals surface area contributed by atoms with E-state index in [0.29, 0.717) is 18.0 Å². The summed E-state index contributed by atoms with van der Waals surface area (Å²) in [4.78, 5) is 2.66. The van der Waals surface area contributed by atoms with Crippen LogP contribution in [0.5, 0.6) is 0 Å². The number of hydrogen-bond acceptors (Lipinski definition) is 2. The number of nitrogens with zero attached hydrogens (tertiary/aromatic N) is 1. The number of hydrogen-bond donors (Lipinski definition) is 1. The fraction of sp³-hybridized carbons (Fsp3) is 0.684. The lowest BCUT2D eigenvalue weighted by Gasteiger charge is -2.40. The molecule has 0 amide bonds. The fourth-order valence-corrected chi connectivity index (χ4v) is 4.60. The third kappa shape index (κ3) is 3.84. The number of nitrogens with two attached hydrogens (primary N) is 1. The minimum Gasteiger partial charge on any atom is -0.328 e. The van der Waals surface area contributed by atoms with E-state index in [-0.39, 0.29) is 0 Å². The molecule has 3 unspecified atom stereocenters. The van der Waals surface area contributed by atoms with E-state index in [1.54, 1.807) is 0 Å². The van der Waals surface area contributed by atoms with Crippen molar-refractivity contribution in [3.05, 3.63) is 34.9 Å². The highest BCUT2D eigenvalue weighted by Gasteiger charge is 2.31. The molecule has 0 spiro atoms. The molecule has 3 rings (SSSR count). The molecule has 0 radical (unpaired) electrons. The van der Waals surface area contributed by atoms with E-state index in [1.807, 2.05) is 6.07 Å². The van der Waals surface area contributed by atoms with E-state index < -0.39 is 0 Å². The van der Waals surface area contributed by atoms with Crippen LogP contribution < -0.4 is 5.73 Å². The Bertz CT molecular complexity index is 484. The van der Waals surface area contributed by atoms with Gasteiger partial charge in [-0.2, -0.15) is 0 Å². The largest absolute Gasteiger partial charge is 0.328 e. The third-order valence-corrected chi connectivity index (χ3v) is 5.97. The van der Waals surface area contributed by atoms with E-state index in [9.17, 15) is 0 Å². The van der Waals surface area contributed by atoms with Crippen molar-refractivity contribution in [2.24, 2.45) is 11.7 Å². The Hall–Kier alpha value is -0.570. The Morgan fingerprint density at radius 2 is 2.05 bits per heavy atom. The molecular weight excluding hydrogens is 292 g/mol. The zero-order valence-corrected chi connectivity index (χ0v) is 14.4. The lowest BCUT2D eigenvalue weighted by atomic mass is 9.83. The molecule has 1 saturated heterocycles. The Morgan fingerprint density at radius 1 is 1.27 bits per heavy atom. The van der Waals surface area contributed by atoms with Crippen molar-refractivity contribution in [3.8, 4) is 0 Å². The molecule has 22 heavy (non-hydrogen) atoms. The quantitative estimate of drug-likeness (QED) is 0.889. The highest BCUT2D eigenvalue weighted by Crippen LogP contribution is 2.39. The van der Waals surface area contributed by atoms with Gasteiger partial charge in [-0.3, -0.25) is 4.90 Å². The first-order valence-corrected chi connectivity index (χ1v) is 9.26. The van der Waals surface area contributed by atoms with Crippen LogP contribution in [-0.4, -0.2) is 30.1 Å². The second-order valence-corrected chi connectivity index (χ2v) is 7.77. The number of piperidine rings is 1. The predicted octanol–water partition coefficient (Wildman–Crippen LogP) is 4.43. The van der Waals surface area contributed by atoms with Crippen molar-refractivity contribution in [1.29, 1.82) is 0 Å². The number of likely N-dealkylation sites (tertiary alicyclic amines) is 1. The Balaban J connectivity index is 1.76. The summed E-state index contributed by atoms with van der Waals surface area (Å²) in [5.41, 5.74) is 7.56. The molecule has 2 nitrogen and oxygen atoms in total. The van der Waals surface area contributed by atoms with Crippen molar-refractivity contribution >= 4 is 11.6 Å². The molecule has 2 N–H and O–H groups in total. The summed E-state index contributed by atoms with van der Waals surface area (Å²) >= 11 is 6.26. The van der Waals surface area contributed by atoms with Crippen LogP contribution in [0.15, 0.2) is 24.3 Å². The highest BCUT2D eigenvalue weighted by atomic mass is 35.5. The maximum absolute atomic E-state index is 6.26. The lowest BCUT2D eigenvalue weighted by molar-refractivity contribution is 0.128. The average molecular weight is 321 g/mol. The van der Waals surface area contributed by atoms with Crippen LogP contribution >= 0.6 is 11.6 Å². The van der Waals surface area contributed by atoms with Gasteiger partial charge < -0.3 is 5.73 Å². The van der Waals surface area contributed by atoms with Gasteiger partial charge in [0, 0.05) is 23.7 Å². The molecule has 2 aliphatic rings. The maximum atomic E-state index is 6.26. The first-order valence-electron chi connectivity index (χ1n) is 8.88. The van der Waals surface area contributed by atoms with E-state index in [4.69, 9.17) is 17.3 Å². The van der Waals surface area contributed by atoms with E-state index in [0.717, 1.165) is 30.3 Å². The summed E-state index contributed by atoms with van der Waals surface area (Å²) in [5.74, 6) is 1.44. The average Bonchev–Trinajstić information content (AvgIpc) is 3.00. The van der Waals surface area contributed by atoms with E-state index in [2.05, 4.69) is 30.0 Å². The minimum atomic E-state index is 0.391. The van der Waals surface area contributed by atoms with Crippen molar-refractivity contribution in [3.63, 3.8) is 0 Å². The second-order valence-electron chi connectivity index (χ2n) is 7.33. The molecule has 1 aromatic carbocycles. The van der Waals surface area contributed by atoms with Crippen LogP contribution in [0.25, 0.3) is 0 Å². The van der Waals surface area contributed by atoms with Crippen LogP contribution in [0.2, 0.25) is 5.02 Å². The minimum absolute atomic E-state index is 0.391. The molecule has 1 saturated carbocycles. The predicted molar refractivity (Wildman–Crippen MR) is 94.4 cm³/mol. The van der Waals surface area contributed by atoms with Gasteiger partial charge in [0.15, 0.2) is 0 Å². The van der Waals surface area contributed by atoms with Gasteiger partial charge in [-0.05, 0) is 68.7 Å². The molecule has 3 heteroatoms. The molecule has 1 aromatic rings. The van der Waals surface area contributed by atoms with Gasteiger partial charge in [-0.15, -0.1) is 0 Å². The highest BCUT2D eigenvalue weighted by molar-refractivity contribution is 6.30. The maximum Gasteiger partial charge on any atom is 0.0408 e. The number of halogens is 1. The molecule has 1 aliphatic carbocycles. The molecule has 1 heterocycles. The summed E-state index contributed by atoms with van der Waals surface area (Å²) in [6.07, 6.45) is 7.80. The third-order valence-electron chi connectivity index (χ3n) is 5.73. The van der Waals surface area contributed by atoms with Gasteiger partial charge >= 0.3 is 0 Å². The van der Waals surface area contributed by atoms with Gasteiger partial charge in [-0.1, -0.05) is 36.6 Å². The SMILES string of the molecule is CC1CC(N)CCN1CC(c1cccc(Cl)c1)C1CCCC1. The van der Waals surface area contributed by atoms with Crippen LogP contribution in [0.1, 0.15) is 56.9 Å². The zero-order valence-electron chi connectivity index (χ0n) is 13.7. The summed E-state index contributed by atoms with van der Waals surface area (Å²) in [6, 6.07) is 9.54. The van der Waals surface area contributed by atoms with Gasteiger partial charge in [-0.25, -0.2) is 0 Å². The molecule has 0 aromatic heterocycles. The zero-order chi connectivity index (χ0) is 15.5. The van der Waals surface area contributed by atoms with E-state index >= 15 is 0 Å². The van der Waals surface area contributed by atoms with Gasteiger partial charge in [0.05, 0.1) is 0 Å². The fourth-order valence-electron chi connectivity index (χ4n) is 4.40. The summed E-state index contributed by atoms with van der Waals surface area (Å²) in [5, 5.41) is 0.870. The van der Waals surface area contributed by atoms with Crippen molar-refractivity contribution in [2.45, 2.75) is 63.5 Å². The Labute approximate surface area is 140 Å². The lowest BCUT2D eigenvalue weighted by Crippen LogP contribution is -2.47. The summed E-state index contributed by atoms with van der Waals surface area (Å²) in [6.45, 7) is 4.65. The molecule has 0 bridgehead atoms. The molecule has 122 valence electrons.